The molecule has 2 aliphatic rings. The average molecular weight is 564 g/mol. The van der Waals surface area contributed by atoms with E-state index in [9.17, 15) is 0 Å². The molecule has 0 amide bonds. The van der Waals surface area contributed by atoms with E-state index in [1.165, 1.54) is 54.5 Å². The fourth-order valence-corrected chi connectivity index (χ4v) is 6.79. The van der Waals surface area contributed by atoms with Crippen molar-refractivity contribution in [2.24, 2.45) is 5.92 Å². The number of imidazole rings is 1. The SMILES string of the molecule is CCCCn1c(-c2ccccc2)nc(-c2ccc(OC)cc2)c1CC(NCc1ccc2c(c1)CCO2)C1CCCCC1. The van der Waals surface area contributed by atoms with Crippen LogP contribution in [-0.2, 0) is 25.9 Å². The van der Waals surface area contributed by atoms with Crippen molar-refractivity contribution in [3.8, 4) is 34.1 Å². The van der Waals surface area contributed by atoms with Gasteiger partial charge in [0.1, 0.15) is 17.3 Å². The molecule has 1 aliphatic heterocycles. The predicted molar refractivity (Wildman–Crippen MR) is 171 cm³/mol. The van der Waals surface area contributed by atoms with Crippen LogP contribution in [-0.4, -0.2) is 29.3 Å². The Bertz CT molecular complexity index is 1440. The highest BCUT2D eigenvalue weighted by molar-refractivity contribution is 5.69. The molecule has 0 bridgehead atoms. The van der Waals surface area contributed by atoms with Gasteiger partial charge in [-0.05, 0) is 66.6 Å². The van der Waals surface area contributed by atoms with Crippen molar-refractivity contribution < 1.29 is 9.47 Å². The van der Waals surface area contributed by atoms with E-state index < -0.39 is 0 Å². The molecule has 42 heavy (non-hydrogen) atoms. The summed E-state index contributed by atoms with van der Waals surface area (Å²) in [6, 6.07) is 26.3. The van der Waals surface area contributed by atoms with Crippen LogP contribution in [0.4, 0.5) is 0 Å². The van der Waals surface area contributed by atoms with Crippen molar-refractivity contribution in [1.29, 1.82) is 0 Å². The summed E-state index contributed by atoms with van der Waals surface area (Å²) >= 11 is 0. The Morgan fingerprint density at radius 1 is 0.976 bits per heavy atom. The maximum Gasteiger partial charge on any atom is 0.140 e. The second kappa shape index (κ2) is 13.6. The average Bonchev–Trinajstić information content (AvgIpc) is 3.67. The van der Waals surface area contributed by atoms with Crippen molar-refractivity contribution in [3.05, 3.63) is 89.6 Å². The number of rotatable bonds is 12. The van der Waals surface area contributed by atoms with Gasteiger partial charge in [-0.1, -0.05) is 75.1 Å². The van der Waals surface area contributed by atoms with Gasteiger partial charge in [0.25, 0.3) is 0 Å². The molecule has 1 unspecified atom stereocenters. The predicted octanol–water partition coefficient (Wildman–Crippen LogP) is 8.24. The summed E-state index contributed by atoms with van der Waals surface area (Å²) in [5.41, 5.74) is 7.47. The lowest BCUT2D eigenvalue weighted by Gasteiger charge is -2.32. The number of nitrogens with one attached hydrogen (secondary N) is 1. The molecule has 3 aromatic carbocycles. The van der Waals surface area contributed by atoms with Gasteiger partial charge in [-0.2, -0.15) is 0 Å². The van der Waals surface area contributed by atoms with E-state index in [0.717, 1.165) is 74.0 Å². The molecular formula is C37H45N3O2. The lowest BCUT2D eigenvalue weighted by Crippen LogP contribution is -2.39. The minimum atomic E-state index is 0.382. The first kappa shape index (κ1) is 28.5. The summed E-state index contributed by atoms with van der Waals surface area (Å²) < 4.78 is 13.8. The van der Waals surface area contributed by atoms with E-state index >= 15 is 0 Å². The minimum absolute atomic E-state index is 0.382. The zero-order chi connectivity index (χ0) is 28.7. The molecule has 0 radical (unpaired) electrons. The summed E-state index contributed by atoms with van der Waals surface area (Å²) in [5.74, 6) is 3.66. The molecule has 4 aromatic rings. The van der Waals surface area contributed by atoms with E-state index in [-0.39, 0.29) is 0 Å². The van der Waals surface area contributed by atoms with Gasteiger partial charge in [-0.3, -0.25) is 0 Å². The number of hydrogen-bond donors (Lipinski definition) is 1. The number of unbranched alkanes of at least 4 members (excludes halogenated alkanes) is 1. The quantitative estimate of drug-likeness (QED) is 0.189. The van der Waals surface area contributed by atoms with Crippen LogP contribution < -0.4 is 14.8 Å². The molecular weight excluding hydrogens is 518 g/mol. The van der Waals surface area contributed by atoms with Crippen molar-refractivity contribution in [1.82, 2.24) is 14.9 Å². The first-order valence-electron chi connectivity index (χ1n) is 16.0. The van der Waals surface area contributed by atoms with E-state index in [1.807, 2.05) is 0 Å². The van der Waals surface area contributed by atoms with E-state index in [4.69, 9.17) is 14.5 Å². The van der Waals surface area contributed by atoms with Crippen LogP contribution in [0.1, 0.15) is 68.7 Å². The highest BCUT2D eigenvalue weighted by atomic mass is 16.5. The number of methoxy groups -OCH3 is 1. The Hall–Kier alpha value is -3.57. The molecule has 1 N–H and O–H groups in total. The second-order valence-electron chi connectivity index (χ2n) is 12.0. The van der Waals surface area contributed by atoms with Crippen LogP contribution in [0, 0.1) is 5.92 Å². The Morgan fingerprint density at radius 2 is 1.79 bits per heavy atom. The lowest BCUT2D eigenvalue weighted by molar-refractivity contribution is 0.263. The van der Waals surface area contributed by atoms with E-state index in [2.05, 4.69) is 89.6 Å². The summed E-state index contributed by atoms with van der Waals surface area (Å²) in [6.07, 6.45) is 10.9. The Balaban J connectivity index is 1.38. The van der Waals surface area contributed by atoms with Gasteiger partial charge in [0.05, 0.1) is 19.4 Å². The van der Waals surface area contributed by atoms with Gasteiger partial charge in [0, 0.05) is 48.8 Å². The van der Waals surface area contributed by atoms with Gasteiger partial charge in [-0.15, -0.1) is 0 Å². The number of aromatic nitrogens is 2. The van der Waals surface area contributed by atoms with Crippen molar-refractivity contribution >= 4 is 0 Å². The van der Waals surface area contributed by atoms with Gasteiger partial charge < -0.3 is 19.4 Å². The number of hydrogen-bond acceptors (Lipinski definition) is 4. The molecule has 220 valence electrons. The summed E-state index contributed by atoms with van der Waals surface area (Å²) in [4.78, 5) is 5.40. The number of benzene rings is 3. The summed E-state index contributed by atoms with van der Waals surface area (Å²) in [5, 5.41) is 4.07. The topological polar surface area (TPSA) is 48.3 Å². The van der Waals surface area contributed by atoms with Crippen LogP contribution in [0.5, 0.6) is 11.5 Å². The molecule has 5 nitrogen and oxygen atoms in total. The molecule has 1 fully saturated rings. The highest BCUT2D eigenvalue weighted by Gasteiger charge is 2.28. The van der Waals surface area contributed by atoms with Gasteiger partial charge in [-0.25, -0.2) is 4.98 Å². The van der Waals surface area contributed by atoms with Crippen LogP contribution >= 0.6 is 0 Å². The van der Waals surface area contributed by atoms with Crippen molar-refractivity contribution in [3.63, 3.8) is 0 Å². The zero-order valence-corrected chi connectivity index (χ0v) is 25.3. The largest absolute Gasteiger partial charge is 0.497 e. The summed E-state index contributed by atoms with van der Waals surface area (Å²) in [7, 11) is 1.72. The first-order chi connectivity index (χ1) is 20.7. The molecule has 1 aromatic heterocycles. The smallest absolute Gasteiger partial charge is 0.140 e. The van der Waals surface area contributed by atoms with Crippen LogP contribution in [0.25, 0.3) is 22.6 Å². The Labute approximate surface area is 251 Å². The molecule has 0 saturated heterocycles. The normalized spacial score (nSPS) is 15.8. The fraction of sp³-hybridized carbons (Fsp3) is 0.432. The molecule has 5 heteroatoms. The van der Waals surface area contributed by atoms with Gasteiger partial charge in [0.2, 0.25) is 0 Å². The molecule has 1 atom stereocenters. The van der Waals surface area contributed by atoms with Crippen LogP contribution in [0.2, 0.25) is 0 Å². The maximum absolute atomic E-state index is 5.77. The van der Waals surface area contributed by atoms with Crippen molar-refractivity contribution in [2.45, 2.75) is 83.8 Å². The first-order valence-corrected chi connectivity index (χ1v) is 16.0. The van der Waals surface area contributed by atoms with E-state index in [1.54, 1.807) is 7.11 Å². The summed E-state index contributed by atoms with van der Waals surface area (Å²) in [6.45, 7) is 4.93. The van der Waals surface area contributed by atoms with Crippen LogP contribution in [0.3, 0.4) is 0 Å². The highest BCUT2D eigenvalue weighted by Crippen LogP contribution is 2.35. The third kappa shape index (κ3) is 6.42. The minimum Gasteiger partial charge on any atom is -0.497 e. The monoisotopic (exact) mass is 563 g/mol. The lowest BCUT2D eigenvalue weighted by atomic mass is 9.81. The molecule has 0 spiro atoms. The third-order valence-electron chi connectivity index (χ3n) is 9.16. The van der Waals surface area contributed by atoms with Gasteiger partial charge >= 0.3 is 0 Å². The molecule has 1 aliphatic carbocycles. The Morgan fingerprint density at radius 3 is 2.55 bits per heavy atom. The molecule has 1 saturated carbocycles. The fourth-order valence-electron chi connectivity index (χ4n) is 6.79. The second-order valence-corrected chi connectivity index (χ2v) is 12.0. The molecule has 2 heterocycles. The number of ether oxygens (including phenoxy) is 2. The standard InChI is InChI=1S/C37H45N3O2/c1-3-4-22-40-34(36(29-16-18-32(41-2)19-17-29)39-37(40)30-13-9-6-10-14-30)25-33(28-11-7-5-8-12-28)38-26-27-15-20-35-31(24-27)21-23-42-35/h6,9-10,13-20,24,28,33,38H,3-5,7-8,11-12,21-23,25-26H2,1-2H3. The zero-order valence-electron chi connectivity index (χ0n) is 25.3. The molecule has 6 rings (SSSR count). The third-order valence-corrected chi connectivity index (χ3v) is 9.16. The van der Waals surface area contributed by atoms with Crippen molar-refractivity contribution in [2.75, 3.05) is 13.7 Å². The maximum atomic E-state index is 5.77. The number of fused-ring (bicyclic) bond motifs is 1. The van der Waals surface area contributed by atoms with Crippen LogP contribution in [0.15, 0.2) is 72.8 Å². The van der Waals surface area contributed by atoms with Gasteiger partial charge in [0.15, 0.2) is 0 Å². The number of nitrogens with zero attached hydrogens (tertiary/aromatic N) is 2. The van der Waals surface area contributed by atoms with E-state index in [0.29, 0.717) is 12.0 Å². The Kier molecular flexibility index (Phi) is 9.25.